The van der Waals surface area contributed by atoms with Crippen LogP contribution < -0.4 is 5.32 Å². The zero-order valence-corrected chi connectivity index (χ0v) is 16.4. The largest absolute Gasteiger partial charge is 0.344 e. The number of carbonyl (C=O) groups is 1. The van der Waals surface area contributed by atoms with Crippen LogP contribution in [-0.2, 0) is 4.79 Å². The molecule has 0 saturated carbocycles. The Morgan fingerprint density at radius 2 is 1.93 bits per heavy atom. The highest BCUT2D eigenvalue weighted by atomic mass is 16.6. The molecule has 0 aliphatic rings. The molecule has 146 valence electrons. The van der Waals surface area contributed by atoms with E-state index in [1.54, 1.807) is 12.1 Å². The summed E-state index contributed by atoms with van der Waals surface area (Å²) in [5.41, 5.74) is 0.483. The minimum absolute atomic E-state index is 0.00519. The van der Waals surface area contributed by atoms with Gasteiger partial charge < -0.3 is 9.84 Å². The Morgan fingerprint density at radius 1 is 1.30 bits per heavy atom. The number of nitro benzene ring substituents is 1. The maximum absolute atomic E-state index is 12.4. The lowest BCUT2D eigenvalue weighted by Crippen LogP contribution is -2.34. The van der Waals surface area contributed by atoms with Gasteiger partial charge in [0, 0.05) is 24.1 Å². The zero-order valence-electron chi connectivity index (χ0n) is 16.4. The molecule has 0 aliphatic carbocycles. The standard InChI is InChI=1S/C19H26N4O4/c1-6-12(2)16(20-15(24)11-19(3,4)5)18-21-17(22-27-18)13-7-9-14(10-8-13)23(25)26/h7-10,12,16H,6,11H2,1-5H3,(H,20,24)/t12-,16-/m1/s1. The lowest BCUT2D eigenvalue weighted by atomic mass is 9.91. The van der Waals surface area contributed by atoms with Crippen LogP contribution in [0, 0.1) is 21.4 Å². The van der Waals surface area contributed by atoms with Crippen molar-refractivity contribution >= 4 is 11.6 Å². The minimum atomic E-state index is -0.463. The summed E-state index contributed by atoms with van der Waals surface area (Å²) in [4.78, 5) is 27.1. The first kappa shape index (κ1) is 20.5. The molecule has 0 spiro atoms. The van der Waals surface area contributed by atoms with Crippen molar-refractivity contribution < 1.29 is 14.2 Å². The van der Waals surface area contributed by atoms with E-state index in [0.29, 0.717) is 23.7 Å². The normalized spacial score (nSPS) is 13.8. The van der Waals surface area contributed by atoms with Crippen molar-refractivity contribution in [2.45, 2.75) is 53.5 Å². The summed E-state index contributed by atoms with van der Waals surface area (Å²) >= 11 is 0. The van der Waals surface area contributed by atoms with Gasteiger partial charge in [0.2, 0.25) is 17.6 Å². The quantitative estimate of drug-likeness (QED) is 0.572. The van der Waals surface area contributed by atoms with Crippen molar-refractivity contribution in [2.24, 2.45) is 11.3 Å². The molecule has 1 heterocycles. The average molecular weight is 374 g/mol. The van der Waals surface area contributed by atoms with E-state index < -0.39 is 4.92 Å². The smallest absolute Gasteiger partial charge is 0.269 e. The number of nitrogens with one attached hydrogen (secondary N) is 1. The van der Waals surface area contributed by atoms with E-state index in [1.807, 2.05) is 34.6 Å². The number of hydrogen-bond donors (Lipinski definition) is 1. The van der Waals surface area contributed by atoms with Crippen molar-refractivity contribution in [1.82, 2.24) is 15.5 Å². The van der Waals surface area contributed by atoms with Gasteiger partial charge in [0.05, 0.1) is 4.92 Å². The summed E-state index contributed by atoms with van der Waals surface area (Å²) in [5.74, 6) is 0.709. The molecule has 0 unspecified atom stereocenters. The Bertz CT molecular complexity index is 793. The molecular formula is C19H26N4O4. The van der Waals surface area contributed by atoms with Gasteiger partial charge in [-0.1, -0.05) is 46.2 Å². The Hall–Kier alpha value is -2.77. The molecule has 0 fully saturated rings. The number of amides is 1. The van der Waals surface area contributed by atoms with Crippen molar-refractivity contribution in [2.75, 3.05) is 0 Å². The highest BCUT2D eigenvalue weighted by Gasteiger charge is 2.28. The first-order valence-corrected chi connectivity index (χ1v) is 8.98. The molecule has 0 saturated heterocycles. The molecule has 27 heavy (non-hydrogen) atoms. The lowest BCUT2D eigenvalue weighted by molar-refractivity contribution is -0.384. The average Bonchev–Trinajstić information content (AvgIpc) is 3.07. The molecule has 1 amide bonds. The molecule has 2 aromatic rings. The van der Waals surface area contributed by atoms with E-state index in [4.69, 9.17) is 4.52 Å². The third kappa shape index (κ3) is 5.60. The number of hydrogen-bond acceptors (Lipinski definition) is 6. The summed E-state index contributed by atoms with van der Waals surface area (Å²) in [7, 11) is 0. The van der Waals surface area contributed by atoms with E-state index in [-0.39, 0.29) is 29.0 Å². The van der Waals surface area contributed by atoms with E-state index >= 15 is 0 Å². The minimum Gasteiger partial charge on any atom is -0.344 e. The second kappa shape index (κ2) is 8.28. The van der Waals surface area contributed by atoms with Gasteiger partial charge in [-0.25, -0.2) is 0 Å². The van der Waals surface area contributed by atoms with Crippen LogP contribution in [-0.4, -0.2) is 21.0 Å². The number of benzene rings is 1. The third-order valence-electron chi connectivity index (χ3n) is 4.26. The van der Waals surface area contributed by atoms with Crippen LogP contribution in [0.2, 0.25) is 0 Å². The van der Waals surface area contributed by atoms with Gasteiger partial charge in [-0.2, -0.15) is 4.98 Å². The Labute approximate surface area is 158 Å². The number of carbonyl (C=O) groups excluding carboxylic acids is 1. The fourth-order valence-electron chi connectivity index (χ4n) is 2.60. The predicted molar refractivity (Wildman–Crippen MR) is 101 cm³/mol. The van der Waals surface area contributed by atoms with Crippen LogP contribution in [0.15, 0.2) is 28.8 Å². The van der Waals surface area contributed by atoms with E-state index in [2.05, 4.69) is 15.5 Å². The third-order valence-corrected chi connectivity index (χ3v) is 4.26. The summed E-state index contributed by atoms with van der Waals surface area (Å²) in [6.45, 7) is 10.1. The first-order chi connectivity index (χ1) is 12.6. The molecule has 1 N–H and O–H groups in total. The van der Waals surface area contributed by atoms with Crippen LogP contribution in [0.3, 0.4) is 0 Å². The summed E-state index contributed by atoms with van der Waals surface area (Å²) < 4.78 is 5.40. The van der Waals surface area contributed by atoms with Crippen molar-refractivity contribution in [1.29, 1.82) is 0 Å². The van der Waals surface area contributed by atoms with Gasteiger partial charge >= 0.3 is 0 Å². The second-order valence-electron chi connectivity index (χ2n) is 7.93. The molecule has 0 aliphatic heterocycles. The first-order valence-electron chi connectivity index (χ1n) is 8.98. The maximum atomic E-state index is 12.4. The Kier molecular flexibility index (Phi) is 6.30. The van der Waals surface area contributed by atoms with Crippen LogP contribution in [0.5, 0.6) is 0 Å². The fourth-order valence-corrected chi connectivity index (χ4v) is 2.60. The molecule has 0 bridgehead atoms. The summed E-state index contributed by atoms with van der Waals surface area (Å²) in [6, 6.07) is 5.54. The number of non-ortho nitro benzene ring substituents is 1. The topological polar surface area (TPSA) is 111 Å². The number of nitro groups is 1. The molecule has 8 heteroatoms. The number of aromatic nitrogens is 2. The van der Waals surface area contributed by atoms with Gasteiger partial charge in [-0.05, 0) is 23.5 Å². The van der Waals surface area contributed by atoms with Crippen LogP contribution in [0.25, 0.3) is 11.4 Å². The van der Waals surface area contributed by atoms with Crippen molar-refractivity contribution in [3.63, 3.8) is 0 Å². The molecule has 0 radical (unpaired) electrons. The van der Waals surface area contributed by atoms with Gasteiger partial charge in [0.1, 0.15) is 6.04 Å². The summed E-state index contributed by atoms with van der Waals surface area (Å²) in [5, 5.41) is 17.7. The maximum Gasteiger partial charge on any atom is 0.269 e. The molecule has 2 rings (SSSR count). The highest BCUT2D eigenvalue weighted by Crippen LogP contribution is 2.27. The number of nitrogens with zero attached hydrogens (tertiary/aromatic N) is 3. The second-order valence-corrected chi connectivity index (χ2v) is 7.93. The van der Waals surface area contributed by atoms with E-state index in [0.717, 1.165) is 6.42 Å². The van der Waals surface area contributed by atoms with E-state index in [1.165, 1.54) is 12.1 Å². The van der Waals surface area contributed by atoms with Crippen molar-refractivity contribution in [3.8, 4) is 11.4 Å². The zero-order chi connectivity index (χ0) is 20.2. The fraction of sp³-hybridized carbons (Fsp3) is 0.526. The van der Waals surface area contributed by atoms with E-state index in [9.17, 15) is 14.9 Å². The SMILES string of the molecule is CC[C@@H](C)[C@@H](NC(=O)CC(C)(C)C)c1nc(-c2ccc([N+](=O)[O-])cc2)no1. The van der Waals surface area contributed by atoms with Gasteiger partial charge in [0.25, 0.3) is 5.69 Å². The molecule has 1 aromatic carbocycles. The monoisotopic (exact) mass is 374 g/mol. The molecule has 1 aromatic heterocycles. The van der Waals surface area contributed by atoms with Crippen molar-refractivity contribution in [3.05, 3.63) is 40.3 Å². The van der Waals surface area contributed by atoms with Gasteiger partial charge in [-0.15, -0.1) is 0 Å². The Morgan fingerprint density at radius 3 is 2.44 bits per heavy atom. The van der Waals surface area contributed by atoms with Crippen LogP contribution >= 0.6 is 0 Å². The molecule has 8 nitrogen and oxygen atoms in total. The van der Waals surface area contributed by atoms with Gasteiger partial charge in [-0.3, -0.25) is 14.9 Å². The Balaban J connectivity index is 2.22. The van der Waals surface area contributed by atoms with Crippen LogP contribution in [0.4, 0.5) is 5.69 Å². The highest BCUT2D eigenvalue weighted by molar-refractivity contribution is 5.77. The predicted octanol–water partition coefficient (Wildman–Crippen LogP) is 4.28. The van der Waals surface area contributed by atoms with Gasteiger partial charge in [0.15, 0.2) is 0 Å². The molecule has 2 atom stereocenters. The van der Waals surface area contributed by atoms with Crippen LogP contribution in [0.1, 0.15) is 59.4 Å². The lowest BCUT2D eigenvalue weighted by Gasteiger charge is -2.23. The number of rotatable bonds is 7. The molecular weight excluding hydrogens is 348 g/mol. The summed E-state index contributed by atoms with van der Waals surface area (Å²) in [6.07, 6.45) is 1.22.